The summed E-state index contributed by atoms with van der Waals surface area (Å²) in [5.74, 6) is 2.32. The zero-order valence-electron chi connectivity index (χ0n) is 16.5. The predicted molar refractivity (Wildman–Crippen MR) is 119 cm³/mol. The Morgan fingerprint density at radius 3 is 2.73 bits per heavy atom. The van der Waals surface area contributed by atoms with Crippen LogP contribution in [0, 0.1) is 0 Å². The number of hydrogen-bond donors (Lipinski definition) is 0. The molecule has 5 rings (SSSR count). The molecule has 0 fully saturated rings. The SMILES string of the molecule is COc1ccc2c(c1)S[C@@H](c1cc3c(cc1Cl)OCO3)CCN2Cc1ccncc1. The van der Waals surface area contributed by atoms with Gasteiger partial charge in [-0.25, -0.2) is 0 Å². The van der Waals surface area contributed by atoms with Crippen molar-refractivity contribution in [2.75, 3.05) is 25.3 Å². The van der Waals surface area contributed by atoms with Crippen LogP contribution in [0.3, 0.4) is 0 Å². The highest BCUT2D eigenvalue weighted by atomic mass is 35.5. The molecule has 0 amide bonds. The van der Waals surface area contributed by atoms with Gasteiger partial charge in [0.1, 0.15) is 5.75 Å². The van der Waals surface area contributed by atoms with E-state index in [-0.39, 0.29) is 12.0 Å². The summed E-state index contributed by atoms with van der Waals surface area (Å²) in [6.07, 6.45) is 4.63. The first-order valence-corrected chi connectivity index (χ1v) is 11.0. The highest BCUT2D eigenvalue weighted by Crippen LogP contribution is 2.50. The zero-order valence-corrected chi connectivity index (χ0v) is 18.1. The first kappa shape index (κ1) is 19.4. The van der Waals surface area contributed by atoms with E-state index in [0.29, 0.717) is 10.8 Å². The van der Waals surface area contributed by atoms with Gasteiger partial charge >= 0.3 is 0 Å². The number of halogens is 1. The van der Waals surface area contributed by atoms with Crippen LogP contribution in [0.2, 0.25) is 5.02 Å². The number of ether oxygens (including phenoxy) is 3. The molecule has 0 N–H and O–H groups in total. The summed E-state index contributed by atoms with van der Waals surface area (Å²) < 4.78 is 16.6. The molecule has 2 aliphatic heterocycles. The Kier molecular flexibility index (Phi) is 5.35. The summed E-state index contributed by atoms with van der Waals surface area (Å²) in [6, 6.07) is 14.3. The van der Waals surface area contributed by atoms with Crippen molar-refractivity contribution >= 4 is 29.1 Å². The fraction of sp³-hybridized carbons (Fsp3) is 0.261. The lowest BCUT2D eigenvalue weighted by Crippen LogP contribution is -2.24. The summed E-state index contributed by atoms with van der Waals surface area (Å²) in [4.78, 5) is 7.73. The number of rotatable bonds is 4. The third-order valence-corrected chi connectivity index (χ3v) is 7.08. The maximum absolute atomic E-state index is 6.65. The van der Waals surface area contributed by atoms with E-state index in [9.17, 15) is 0 Å². The summed E-state index contributed by atoms with van der Waals surface area (Å²) in [6.45, 7) is 1.97. The molecule has 1 aromatic heterocycles. The van der Waals surface area contributed by atoms with Crippen molar-refractivity contribution in [3.05, 3.63) is 71.0 Å². The summed E-state index contributed by atoms with van der Waals surface area (Å²) >= 11 is 8.47. The molecule has 7 heteroatoms. The number of aromatic nitrogens is 1. The van der Waals surface area contributed by atoms with E-state index in [4.69, 9.17) is 25.8 Å². The molecule has 1 atom stereocenters. The standard InChI is InChI=1S/C23H21ClN2O3S/c1-27-16-2-3-19-23(10-16)30-22(6-9-26(19)13-15-4-7-25-8-5-15)17-11-20-21(12-18(17)24)29-14-28-20/h2-5,7-8,10-12,22H,6,9,13-14H2,1H3/t22-/m1/s1. The van der Waals surface area contributed by atoms with Gasteiger partial charge < -0.3 is 19.1 Å². The average molecular weight is 441 g/mol. The molecule has 0 saturated heterocycles. The minimum atomic E-state index is 0.195. The monoisotopic (exact) mass is 440 g/mol. The number of fused-ring (bicyclic) bond motifs is 2. The lowest BCUT2D eigenvalue weighted by molar-refractivity contribution is 0.174. The predicted octanol–water partition coefficient (Wildman–Crippen LogP) is 5.72. The Balaban J connectivity index is 1.50. The molecule has 5 nitrogen and oxygen atoms in total. The lowest BCUT2D eigenvalue weighted by atomic mass is 10.1. The van der Waals surface area contributed by atoms with Crippen molar-refractivity contribution in [1.29, 1.82) is 0 Å². The first-order valence-electron chi connectivity index (χ1n) is 9.79. The molecule has 2 aliphatic rings. The Hall–Kier alpha value is -2.57. The summed E-state index contributed by atoms with van der Waals surface area (Å²) in [5.41, 5.74) is 3.51. The number of nitrogens with zero attached hydrogens (tertiary/aromatic N) is 2. The van der Waals surface area contributed by atoms with Gasteiger partial charge in [0.2, 0.25) is 6.79 Å². The molecule has 3 heterocycles. The number of pyridine rings is 1. The van der Waals surface area contributed by atoms with Crippen LogP contribution < -0.4 is 19.1 Å². The second kappa shape index (κ2) is 8.28. The van der Waals surface area contributed by atoms with E-state index in [1.165, 1.54) is 16.1 Å². The maximum Gasteiger partial charge on any atom is 0.231 e. The molecule has 154 valence electrons. The molecule has 0 unspecified atom stereocenters. The van der Waals surface area contributed by atoms with Crippen LogP contribution >= 0.6 is 23.4 Å². The highest BCUT2D eigenvalue weighted by Gasteiger charge is 2.27. The van der Waals surface area contributed by atoms with Crippen LogP contribution in [0.15, 0.2) is 59.8 Å². The molecular formula is C23H21ClN2O3S. The Morgan fingerprint density at radius 1 is 1.13 bits per heavy atom. The van der Waals surface area contributed by atoms with E-state index < -0.39 is 0 Å². The fourth-order valence-electron chi connectivity index (χ4n) is 3.85. The smallest absolute Gasteiger partial charge is 0.231 e. The largest absolute Gasteiger partial charge is 0.497 e. The van der Waals surface area contributed by atoms with Crippen molar-refractivity contribution in [3.8, 4) is 17.2 Å². The van der Waals surface area contributed by atoms with Gasteiger partial charge in [-0.2, -0.15) is 0 Å². The van der Waals surface area contributed by atoms with E-state index in [1.807, 2.05) is 42.4 Å². The van der Waals surface area contributed by atoms with E-state index in [2.05, 4.69) is 34.1 Å². The van der Waals surface area contributed by atoms with Crippen molar-refractivity contribution < 1.29 is 14.2 Å². The third-order valence-electron chi connectivity index (χ3n) is 5.40. The number of benzene rings is 2. The topological polar surface area (TPSA) is 43.8 Å². The van der Waals surface area contributed by atoms with Gasteiger partial charge in [0.15, 0.2) is 11.5 Å². The van der Waals surface area contributed by atoms with Crippen LogP contribution in [0.4, 0.5) is 5.69 Å². The van der Waals surface area contributed by atoms with Crippen molar-refractivity contribution in [3.63, 3.8) is 0 Å². The number of anilines is 1. The maximum atomic E-state index is 6.65. The minimum Gasteiger partial charge on any atom is -0.497 e. The number of hydrogen-bond acceptors (Lipinski definition) is 6. The number of methoxy groups -OCH3 is 1. The van der Waals surface area contributed by atoms with Crippen molar-refractivity contribution in [2.24, 2.45) is 0 Å². The molecule has 0 aliphatic carbocycles. The van der Waals surface area contributed by atoms with Gasteiger partial charge in [0.25, 0.3) is 0 Å². The van der Waals surface area contributed by atoms with Gasteiger partial charge in [-0.3, -0.25) is 4.98 Å². The molecule has 0 bridgehead atoms. The lowest BCUT2D eigenvalue weighted by Gasteiger charge is -2.25. The van der Waals surface area contributed by atoms with Gasteiger partial charge in [0.05, 0.1) is 12.8 Å². The van der Waals surface area contributed by atoms with E-state index in [0.717, 1.165) is 36.6 Å². The second-order valence-corrected chi connectivity index (χ2v) is 8.88. The second-order valence-electron chi connectivity index (χ2n) is 7.23. The van der Waals surface area contributed by atoms with Gasteiger partial charge in [0, 0.05) is 46.7 Å². The molecular weight excluding hydrogens is 420 g/mol. The molecule has 30 heavy (non-hydrogen) atoms. The Bertz CT molecular complexity index is 1060. The highest BCUT2D eigenvalue weighted by molar-refractivity contribution is 7.99. The Labute approximate surface area is 184 Å². The van der Waals surface area contributed by atoms with Crippen LogP contribution in [-0.4, -0.2) is 25.4 Å². The van der Waals surface area contributed by atoms with Crippen molar-refractivity contribution in [1.82, 2.24) is 4.98 Å². The third kappa shape index (κ3) is 3.77. The summed E-state index contributed by atoms with van der Waals surface area (Å²) in [7, 11) is 1.70. The van der Waals surface area contributed by atoms with E-state index in [1.54, 1.807) is 7.11 Å². The molecule has 2 aromatic carbocycles. The molecule has 3 aromatic rings. The minimum absolute atomic E-state index is 0.195. The van der Waals surface area contributed by atoms with Gasteiger partial charge in [-0.1, -0.05) is 11.6 Å². The summed E-state index contributed by atoms with van der Waals surface area (Å²) in [5, 5.41) is 0.907. The normalized spacial score (nSPS) is 17.4. The zero-order chi connectivity index (χ0) is 20.5. The van der Waals surface area contributed by atoms with Crippen LogP contribution in [0.1, 0.15) is 22.8 Å². The molecule has 0 radical (unpaired) electrons. The van der Waals surface area contributed by atoms with Crippen LogP contribution in [0.5, 0.6) is 17.2 Å². The number of thioether (sulfide) groups is 1. The van der Waals surface area contributed by atoms with Crippen LogP contribution in [0.25, 0.3) is 0 Å². The Morgan fingerprint density at radius 2 is 1.93 bits per heavy atom. The van der Waals surface area contributed by atoms with Gasteiger partial charge in [-0.05, 0) is 53.9 Å². The molecule has 0 saturated carbocycles. The first-order chi connectivity index (χ1) is 14.7. The van der Waals surface area contributed by atoms with Gasteiger partial charge in [-0.15, -0.1) is 11.8 Å². The van der Waals surface area contributed by atoms with Crippen LogP contribution in [-0.2, 0) is 6.54 Å². The fourth-order valence-corrected chi connectivity index (χ4v) is 5.56. The van der Waals surface area contributed by atoms with E-state index >= 15 is 0 Å². The quantitative estimate of drug-likeness (QED) is 0.517. The molecule has 0 spiro atoms. The average Bonchev–Trinajstić information content (AvgIpc) is 3.15. The van der Waals surface area contributed by atoms with Crippen molar-refractivity contribution in [2.45, 2.75) is 23.1 Å².